The van der Waals surface area contributed by atoms with Gasteiger partial charge in [0.25, 0.3) is 0 Å². The topological polar surface area (TPSA) is 66.6 Å². The third-order valence-corrected chi connectivity index (χ3v) is 3.36. The molecule has 0 atom stereocenters. The third-order valence-electron chi connectivity index (χ3n) is 3.36. The number of nitrogens with zero attached hydrogens (tertiary/aromatic N) is 2. The lowest BCUT2D eigenvalue weighted by molar-refractivity contribution is -0.131. The van der Waals surface area contributed by atoms with E-state index in [4.69, 9.17) is 5.73 Å². The number of carbonyl (C=O) groups is 2. The largest absolute Gasteiger partial charge is 0.370 e. The fourth-order valence-corrected chi connectivity index (χ4v) is 1.64. The van der Waals surface area contributed by atoms with Crippen LogP contribution in [0.4, 0.5) is 0 Å². The van der Waals surface area contributed by atoms with Crippen LogP contribution in [0.3, 0.4) is 0 Å². The molecule has 5 heteroatoms. The minimum atomic E-state index is -0.310. The standard InChI is InChI=1S/C14H29N3O2/c1-6-13(19)17(9-7-8-12(15)18)11-10-16(5)14(2,3)4/h6-11H2,1-5H3,(H2,15,18). The lowest BCUT2D eigenvalue weighted by atomic mass is 10.1. The fourth-order valence-electron chi connectivity index (χ4n) is 1.64. The Bertz CT molecular complexity index is 298. The van der Waals surface area contributed by atoms with Gasteiger partial charge in [-0.1, -0.05) is 6.92 Å². The van der Waals surface area contributed by atoms with Gasteiger partial charge in [-0.15, -0.1) is 0 Å². The molecular formula is C14H29N3O2. The molecule has 0 aromatic heterocycles. The minimum absolute atomic E-state index is 0.0914. The maximum atomic E-state index is 11.8. The van der Waals surface area contributed by atoms with Crippen molar-refractivity contribution < 1.29 is 9.59 Å². The van der Waals surface area contributed by atoms with E-state index in [1.807, 2.05) is 11.8 Å². The number of likely N-dealkylation sites (N-methyl/N-ethyl adjacent to an activating group) is 1. The molecule has 0 bridgehead atoms. The van der Waals surface area contributed by atoms with Crippen LogP contribution in [0.25, 0.3) is 0 Å². The van der Waals surface area contributed by atoms with E-state index in [1.54, 1.807) is 0 Å². The maximum absolute atomic E-state index is 11.8. The van der Waals surface area contributed by atoms with Crippen LogP contribution in [0.1, 0.15) is 47.0 Å². The Morgan fingerprint density at radius 1 is 1.11 bits per heavy atom. The highest BCUT2D eigenvalue weighted by molar-refractivity contribution is 5.76. The molecule has 0 aromatic carbocycles. The number of hydrogen-bond acceptors (Lipinski definition) is 3. The molecule has 0 saturated carbocycles. The Labute approximate surface area is 117 Å². The summed E-state index contributed by atoms with van der Waals surface area (Å²) in [5.74, 6) is -0.178. The van der Waals surface area contributed by atoms with Gasteiger partial charge in [0.1, 0.15) is 0 Å². The van der Waals surface area contributed by atoms with Crippen LogP contribution in [-0.4, -0.2) is 53.8 Å². The van der Waals surface area contributed by atoms with Crippen molar-refractivity contribution in [2.75, 3.05) is 26.7 Å². The summed E-state index contributed by atoms with van der Waals surface area (Å²) in [6.45, 7) is 10.4. The molecule has 0 aliphatic heterocycles. The Balaban J connectivity index is 4.28. The van der Waals surface area contributed by atoms with Gasteiger partial charge in [0.15, 0.2) is 0 Å². The fraction of sp³-hybridized carbons (Fsp3) is 0.857. The van der Waals surface area contributed by atoms with E-state index in [2.05, 4.69) is 32.7 Å². The summed E-state index contributed by atoms with van der Waals surface area (Å²) >= 11 is 0. The number of hydrogen-bond donors (Lipinski definition) is 1. The van der Waals surface area contributed by atoms with Gasteiger partial charge in [0.05, 0.1) is 0 Å². The Morgan fingerprint density at radius 2 is 1.68 bits per heavy atom. The number of rotatable bonds is 8. The van der Waals surface area contributed by atoms with Crippen molar-refractivity contribution in [3.63, 3.8) is 0 Å². The average molecular weight is 271 g/mol. The van der Waals surface area contributed by atoms with Crippen LogP contribution in [-0.2, 0) is 9.59 Å². The Kier molecular flexibility index (Phi) is 7.68. The molecule has 2 amide bonds. The van der Waals surface area contributed by atoms with Gasteiger partial charge in [-0.2, -0.15) is 0 Å². The number of amides is 2. The zero-order chi connectivity index (χ0) is 15.1. The molecule has 0 aromatic rings. The van der Waals surface area contributed by atoms with E-state index in [-0.39, 0.29) is 17.4 Å². The first-order valence-electron chi connectivity index (χ1n) is 6.95. The van der Waals surface area contributed by atoms with Crippen molar-refractivity contribution in [2.45, 2.75) is 52.5 Å². The van der Waals surface area contributed by atoms with Gasteiger partial charge in [0.2, 0.25) is 11.8 Å². The van der Waals surface area contributed by atoms with Gasteiger partial charge in [-0.3, -0.25) is 14.5 Å². The Morgan fingerprint density at radius 3 is 2.11 bits per heavy atom. The highest BCUT2D eigenvalue weighted by Crippen LogP contribution is 2.10. The summed E-state index contributed by atoms with van der Waals surface area (Å²) < 4.78 is 0. The zero-order valence-electron chi connectivity index (χ0n) is 13.0. The molecule has 0 fully saturated rings. The molecule has 112 valence electrons. The van der Waals surface area contributed by atoms with E-state index >= 15 is 0 Å². The molecule has 0 heterocycles. The maximum Gasteiger partial charge on any atom is 0.222 e. The summed E-state index contributed by atoms with van der Waals surface area (Å²) in [7, 11) is 2.05. The summed E-state index contributed by atoms with van der Waals surface area (Å²) in [6.07, 6.45) is 1.47. The quantitative estimate of drug-likeness (QED) is 0.722. The molecule has 0 rings (SSSR count). The third kappa shape index (κ3) is 7.82. The summed E-state index contributed by atoms with van der Waals surface area (Å²) in [5, 5.41) is 0. The highest BCUT2D eigenvalue weighted by atomic mass is 16.2. The normalized spacial score (nSPS) is 11.7. The van der Waals surface area contributed by atoms with Crippen molar-refractivity contribution in [1.29, 1.82) is 0 Å². The predicted octanol–water partition coefficient (Wildman–Crippen LogP) is 1.22. The molecule has 5 nitrogen and oxygen atoms in total. The first-order valence-corrected chi connectivity index (χ1v) is 6.95. The smallest absolute Gasteiger partial charge is 0.222 e. The Hall–Kier alpha value is -1.10. The van der Waals surface area contributed by atoms with Crippen LogP contribution in [0.15, 0.2) is 0 Å². The number of nitrogens with two attached hydrogens (primary N) is 1. The molecule has 0 aliphatic carbocycles. The molecule has 2 N–H and O–H groups in total. The second-order valence-electron chi connectivity index (χ2n) is 5.90. The van der Waals surface area contributed by atoms with E-state index < -0.39 is 0 Å². The van der Waals surface area contributed by atoms with Crippen molar-refractivity contribution in [3.8, 4) is 0 Å². The van der Waals surface area contributed by atoms with E-state index in [9.17, 15) is 9.59 Å². The molecule has 0 radical (unpaired) electrons. The van der Waals surface area contributed by atoms with Crippen LogP contribution < -0.4 is 5.73 Å². The van der Waals surface area contributed by atoms with Gasteiger partial charge >= 0.3 is 0 Å². The van der Waals surface area contributed by atoms with Gasteiger partial charge < -0.3 is 10.6 Å². The van der Waals surface area contributed by atoms with Crippen LogP contribution >= 0.6 is 0 Å². The van der Waals surface area contributed by atoms with Gasteiger partial charge in [-0.05, 0) is 34.2 Å². The first-order chi connectivity index (χ1) is 8.68. The molecule has 0 saturated heterocycles. The second-order valence-corrected chi connectivity index (χ2v) is 5.90. The van der Waals surface area contributed by atoms with E-state index in [1.165, 1.54) is 0 Å². The second kappa shape index (κ2) is 8.15. The SMILES string of the molecule is CCC(=O)N(CCCC(N)=O)CCN(C)C(C)(C)C. The zero-order valence-corrected chi connectivity index (χ0v) is 13.0. The lowest BCUT2D eigenvalue weighted by Gasteiger charge is -2.34. The summed E-state index contributed by atoms with van der Waals surface area (Å²) in [4.78, 5) is 26.6. The van der Waals surface area contributed by atoms with E-state index in [0.29, 0.717) is 32.4 Å². The van der Waals surface area contributed by atoms with Crippen molar-refractivity contribution in [3.05, 3.63) is 0 Å². The predicted molar refractivity (Wildman–Crippen MR) is 77.7 cm³/mol. The molecule has 0 spiro atoms. The van der Waals surface area contributed by atoms with Crippen LogP contribution in [0.5, 0.6) is 0 Å². The first kappa shape index (κ1) is 17.9. The average Bonchev–Trinajstić information content (AvgIpc) is 2.30. The van der Waals surface area contributed by atoms with Crippen molar-refractivity contribution >= 4 is 11.8 Å². The highest BCUT2D eigenvalue weighted by Gasteiger charge is 2.19. The minimum Gasteiger partial charge on any atom is -0.370 e. The van der Waals surface area contributed by atoms with Crippen LogP contribution in [0.2, 0.25) is 0 Å². The van der Waals surface area contributed by atoms with Crippen molar-refractivity contribution in [1.82, 2.24) is 9.80 Å². The molecule has 0 aliphatic rings. The molecular weight excluding hydrogens is 242 g/mol. The lowest BCUT2D eigenvalue weighted by Crippen LogP contribution is -2.44. The van der Waals surface area contributed by atoms with Crippen molar-refractivity contribution in [2.24, 2.45) is 5.73 Å². The monoisotopic (exact) mass is 271 g/mol. The molecule has 19 heavy (non-hydrogen) atoms. The summed E-state index contributed by atoms with van der Waals surface area (Å²) in [5.41, 5.74) is 5.21. The summed E-state index contributed by atoms with van der Waals surface area (Å²) in [6, 6.07) is 0. The number of primary amides is 1. The van der Waals surface area contributed by atoms with Gasteiger partial charge in [-0.25, -0.2) is 0 Å². The van der Waals surface area contributed by atoms with E-state index in [0.717, 1.165) is 6.54 Å². The van der Waals surface area contributed by atoms with Crippen LogP contribution in [0, 0.1) is 0 Å². The van der Waals surface area contributed by atoms with Gasteiger partial charge in [0, 0.05) is 38.0 Å². The molecule has 0 unspecified atom stereocenters. The number of carbonyl (C=O) groups excluding carboxylic acids is 2.